The molecule has 0 heterocycles. The fourth-order valence-corrected chi connectivity index (χ4v) is 0.985. The van der Waals surface area contributed by atoms with E-state index in [4.69, 9.17) is 5.11 Å². The Labute approximate surface area is 87.9 Å². The van der Waals surface area contributed by atoms with Gasteiger partial charge >= 0.3 is 5.97 Å². The quantitative estimate of drug-likeness (QED) is 0.503. The number of hydrogen-bond acceptors (Lipinski definition) is 4. The van der Waals surface area contributed by atoms with Crippen molar-refractivity contribution in [2.75, 3.05) is 6.54 Å². The summed E-state index contributed by atoms with van der Waals surface area (Å²) < 4.78 is 0. The molecule has 76 valence electrons. The van der Waals surface area contributed by atoms with Crippen LogP contribution in [0, 0.1) is 0 Å². The smallest absolute Gasteiger partial charge is 0.318 e. The first kappa shape index (κ1) is 12.6. The van der Waals surface area contributed by atoms with Gasteiger partial charge in [0.1, 0.15) is 10.5 Å². The molecule has 0 aliphatic rings. The molecule has 0 spiro atoms. The van der Waals surface area contributed by atoms with Gasteiger partial charge in [0.05, 0.1) is 0 Å². The molecule has 2 atom stereocenters. The third-order valence-corrected chi connectivity index (χ3v) is 2.66. The Hall–Kier alpha value is -0.360. The van der Waals surface area contributed by atoms with E-state index in [0.717, 1.165) is 6.42 Å². The van der Waals surface area contributed by atoms with Gasteiger partial charge in [-0.3, -0.25) is 9.59 Å². The fourth-order valence-electron chi connectivity index (χ4n) is 0.631. The predicted molar refractivity (Wildman–Crippen MR) is 56.5 cm³/mol. The first-order valence-corrected chi connectivity index (χ1v) is 4.90. The van der Waals surface area contributed by atoms with Gasteiger partial charge in [0.25, 0.3) is 0 Å². The highest BCUT2D eigenvalue weighted by molar-refractivity contribution is 7.86. The predicted octanol–water partition coefficient (Wildman–Crippen LogP) is 0.194. The van der Waals surface area contributed by atoms with E-state index < -0.39 is 22.4 Å². The summed E-state index contributed by atoms with van der Waals surface area (Å²) in [5, 5.41) is 9.08. The van der Waals surface area contributed by atoms with Gasteiger partial charge in [-0.15, -0.1) is 0 Å². The van der Waals surface area contributed by atoms with Crippen LogP contribution in [0.2, 0.25) is 0 Å². The van der Waals surface area contributed by atoms with Gasteiger partial charge in [-0.25, -0.2) is 0 Å². The van der Waals surface area contributed by atoms with Crippen molar-refractivity contribution in [3.8, 4) is 0 Å². The Morgan fingerprint density at radius 2 is 1.92 bits per heavy atom. The molecule has 0 saturated heterocycles. The van der Waals surface area contributed by atoms with Gasteiger partial charge in [0.15, 0.2) is 0 Å². The molecule has 6 heteroatoms. The Morgan fingerprint density at radius 3 is 2.31 bits per heavy atom. The molecule has 0 aromatic carbocycles. The van der Waals surface area contributed by atoms with Crippen LogP contribution in [0.25, 0.3) is 0 Å². The van der Waals surface area contributed by atoms with Crippen molar-refractivity contribution in [1.82, 2.24) is 5.32 Å². The summed E-state index contributed by atoms with van der Waals surface area (Å²) in [5.74, 6) is -1.54. The van der Waals surface area contributed by atoms with E-state index in [2.05, 4.69) is 30.6 Å². The van der Waals surface area contributed by atoms with Crippen LogP contribution in [-0.4, -0.2) is 34.0 Å². The van der Waals surface area contributed by atoms with Crippen molar-refractivity contribution in [3.63, 3.8) is 0 Å². The minimum absolute atomic E-state index is 0.396. The lowest BCUT2D eigenvalue weighted by Crippen LogP contribution is -2.40. The summed E-state index contributed by atoms with van der Waals surface area (Å²) in [5.41, 5.74) is 0. The van der Waals surface area contributed by atoms with Crippen molar-refractivity contribution < 1.29 is 14.7 Å². The zero-order valence-electron chi connectivity index (χ0n) is 7.23. The molecule has 1 amide bonds. The Balaban J connectivity index is 4.01. The van der Waals surface area contributed by atoms with Crippen LogP contribution < -0.4 is 5.32 Å². The Morgan fingerprint density at radius 1 is 1.38 bits per heavy atom. The van der Waals surface area contributed by atoms with Crippen molar-refractivity contribution in [2.24, 2.45) is 0 Å². The largest absolute Gasteiger partial charge is 0.480 e. The average molecular weight is 223 g/mol. The Bertz CT molecular complexity index is 198. The van der Waals surface area contributed by atoms with E-state index in [1.807, 2.05) is 6.92 Å². The second kappa shape index (κ2) is 6.15. The third-order valence-electron chi connectivity index (χ3n) is 1.37. The number of aliphatic carboxylic acids is 1. The standard InChI is InChI=1S/C7H13NO3S2/c1-2-3-8-6(9)4(12)5(13)7(10)11/h4-5,12-13H,2-3H2,1H3,(H,8,9)(H,10,11). The number of hydrogen-bond donors (Lipinski definition) is 4. The maximum Gasteiger partial charge on any atom is 0.318 e. The van der Waals surface area contributed by atoms with Gasteiger partial charge in [-0.2, -0.15) is 25.3 Å². The van der Waals surface area contributed by atoms with Crippen molar-refractivity contribution >= 4 is 37.1 Å². The number of thiol groups is 2. The zero-order chi connectivity index (χ0) is 10.4. The molecule has 2 unspecified atom stereocenters. The van der Waals surface area contributed by atoms with Crippen LogP contribution in [0.4, 0.5) is 0 Å². The first-order valence-electron chi connectivity index (χ1n) is 3.87. The highest BCUT2D eigenvalue weighted by atomic mass is 32.1. The molecule has 0 radical (unpaired) electrons. The number of carboxylic acid groups (broad SMARTS) is 1. The molecule has 0 aromatic heterocycles. The zero-order valence-corrected chi connectivity index (χ0v) is 9.02. The monoisotopic (exact) mass is 223 g/mol. The minimum atomic E-state index is -1.14. The topological polar surface area (TPSA) is 66.4 Å². The van der Waals surface area contributed by atoms with Gasteiger partial charge in [0.2, 0.25) is 5.91 Å². The van der Waals surface area contributed by atoms with Gasteiger partial charge in [-0.1, -0.05) is 6.92 Å². The lowest BCUT2D eigenvalue weighted by atomic mass is 10.2. The number of amides is 1. The maximum absolute atomic E-state index is 11.1. The molecule has 0 bridgehead atoms. The summed E-state index contributed by atoms with van der Waals surface area (Å²) in [6.45, 7) is 2.43. The van der Waals surface area contributed by atoms with E-state index in [9.17, 15) is 9.59 Å². The molecular formula is C7H13NO3S2. The number of carboxylic acids is 1. The lowest BCUT2D eigenvalue weighted by Gasteiger charge is -2.13. The summed E-state index contributed by atoms with van der Waals surface area (Å²) in [6, 6.07) is 0. The van der Waals surface area contributed by atoms with Crippen LogP contribution >= 0.6 is 25.3 Å². The molecule has 0 saturated carbocycles. The third kappa shape index (κ3) is 4.42. The van der Waals surface area contributed by atoms with E-state index >= 15 is 0 Å². The normalized spacial score (nSPS) is 14.7. The number of rotatable bonds is 5. The fraction of sp³-hybridized carbons (Fsp3) is 0.714. The minimum Gasteiger partial charge on any atom is -0.480 e. The molecule has 0 aliphatic carbocycles. The maximum atomic E-state index is 11.1. The van der Waals surface area contributed by atoms with E-state index in [-0.39, 0.29) is 0 Å². The molecule has 2 N–H and O–H groups in total. The lowest BCUT2D eigenvalue weighted by molar-refractivity contribution is -0.137. The molecule has 0 rings (SSSR count). The van der Waals surface area contributed by atoms with Crippen molar-refractivity contribution in [1.29, 1.82) is 0 Å². The first-order chi connectivity index (χ1) is 6.00. The van der Waals surface area contributed by atoms with Crippen molar-refractivity contribution in [2.45, 2.75) is 23.8 Å². The van der Waals surface area contributed by atoms with E-state index in [0.29, 0.717) is 6.54 Å². The number of carbonyl (C=O) groups excluding carboxylic acids is 1. The molecule has 4 nitrogen and oxygen atoms in total. The van der Waals surface area contributed by atoms with E-state index in [1.54, 1.807) is 0 Å². The summed E-state index contributed by atoms with van der Waals surface area (Å²) >= 11 is 7.61. The second-order valence-corrected chi connectivity index (χ2v) is 3.63. The molecular weight excluding hydrogens is 210 g/mol. The van der Waals surface area contributed by atoms with Crippen LogP contribution in [-0.2, 0) is 9.59 Å². The molecule has 0 aliphatic heterocycles. The highest BCUT2D eigenvalue weighted by Gasteiger charge is 2.27. The summed E-state index contributed by atoms with van der Waals surface area (Å²) in [7, 11) is 0. The number of carbonyl (C=O) groups is 2. The molecule has 0 fully saturated rings. The SMILES string of the molecule is CCCNC(=O)C(S)C(S)C(=O)O. The van der Waals surface area contributed by atoms with Gasteiger partial charge in [-0.05, 0) is 6.42 Å². The van der Waals surface area contributed by atoms with Crippen LogP contribution in [0.1, 0.15) is 13.3 Å². The van der Waals surface area contributed by atoms with Gasteiger partial charge in [0, 0.05) is 6.54 Å². The average Bonchev–Trinajstić information content (AvgIpc) is 2.11. The highest BCUT2D eigenvalue weighted by Crippen LogP contribution is 2.09. The summed E-state index contributed by atoms with van der Waals surface area (Å²) in [6.07, 6.45) is 0.802. The second-order valence-electron chi connectivity index (χ2n) is 2.52. The van der Waals surface area contributed by atoms with Gasteiger partial charge < -0.3 is 10.4 Å². The molecule has 0 aromatic rings. The van der Waals surface area contributed by atoms with E-state index in [1.165, 1.54) is 0 Å². The van der Waals surface area contributed by atoms with Crippen molar-refractivity contribution in [3.05, 3.63) is 0 Å². The van der Waals surface area contributed by atoms with Crippen LogP contribution in [0.5, 0.6) is 0 Å². The number of nitrogens with one attached hydrogen (secondary N) is 1. The van der Waals surface area contributed by atoms with Crippen LogP contribution in [0.15, 0.2) is 0 Å². The Kier molecular flexibility index (Phi) is 5.98. The van der Waals surface area contributed by atoms with Crippen LogP contribution in [0.3, 0.4) is 0 Å². The molecule has 13 heavy (non-hydrogen) atoms. The summed E-state index contributed by atoms with van der Waals surface area (Å²) in [4.78, 5) is 21.6.